The summed E-state index contributed by atoms with van der Waals surface area (Å²) < 4.78 is 10.7. The third-order valence-corrected chi connectivity index (χ3v) is 3.16. The number of nitro groups is 1. The van der Waals surface area contributed by atoms with Crippen molar-refractivity contribution in [3.05, 3.63) is 33.4 Å². The molecule has 130 valence electrons. The molecule has 0 aromatic heterocycles. The molecule has 1 aromatic carbocycles. The van der Waals surface area contributed by atoms with Crippen molar-refractivity contribution in [1.29, 1.82) is 0 Å². The predicted octanol–water partition coefficient (Wildman–Crippen LogP) is 2.82. The van der Waals surface area contributed by atoms with Crippen LogP contribution in [0.3, 0.4) is 0 Å². The van der Waals surface area contributed by atoms with Gasteiger partial charge >= 0.3 is 11.8 Å². The van der Waals surface area contributed by atoms with Crippen molar-refractivity contribution < 1.29 is 19.2 Å². The van der Waals surface area contributed by atoms with Gasteiger partial charge in [-0.1, -0.05) is 0 Å². The Morgan fingerprint density at radius 2 is 2.17 bits per heavy atom. The van der Waals surface area contributed by atoms with Gasteiger partial charge in [-0.05, 0) is 39.3 Å². The van der Waals surface area contributed by atoms with Gasteiger partial charge in [0.15, 0.2) is 5.75 Å². The first-order valence-electron chi connectivity index (χ1n) is 7.59. The molecule has 1 amide bonds. The number of hydrogen-bond donors (Lipinski definition) is 1. The lowest BCUT2D eigenvalue weighted by atomic mass is 10.1. The van der Waals surface area contributed by atoms with Crippen molar-refractivity contribution in [2.75, 3.05) is 6.61 Å². The molecule has 1 heterocycles. The van der Waals surface area contributed by atoms with Crippen molar-refractivity contribution in [1.82, 2.24) is 5.32 Å². The summed E-state index contributed by atoms with van der Waals surface area (Å²) in [5.74, 6) is 0.169. The fourth-order valence-corrected chi connectivity index (χ4v) is 2.15. The van der Waals surface area contributed by atoms with E-state index < -0.39 is 16.6 Å². The second kappa shape index (κ2) is 6.86. The van der Waals surface area contributed by atoms with Crippen molar-refractivity contribution in [2.45, 2.75) is 45.9 Å². The number of fused-ring (bicyclic) bond motifs is 1. The van der Waals surface area contributed by atoms with Gasteiger partial charge in [-0.3, -0.25) is 15.1 Å². The minimum absolute atomic E-state index is 0.0831. The average molecular weight is 335 g/mol. The lowest BCUT2D eigenvalue weighted by molar-refractivity contribution is -0.385. The smallest absolute Gasteiger partial charge is 0.407 e. The summed E-state index contributed by atoms with van der Waals surface area (Å²) in [6, 6.07) is 2.71. The van der Waals surface area contributed by atoms with E-state index in [0.29, 0.717) is 6.54 Å². The highest BCUT2D eigenvalue weighted by Gasteiger charge is 2.22. The fourth-order valence-electron chi connectivity index (χ4n) is 2.15. The lowest BCUT2D eigenvalue weighted by Crippen LogP contribution is -2.40. The van der Waals surface area contributed by atoms with Crippen molar-refractivity contribution in [3.8, 4) is 5.75 Å². The van der Waals surface area contributed by atoms with E-state index in [-0.39, 0.29) is 24.1 Å². The molecule has 8 heteroatoms. The first-order valence-corrected chi connectivity index (χ1v) is 7.59. The topological polar surface area (TPSA) is 103 Å². The molecule has 24 heavy (non-hydrogen) atoms. The van der Waals surface area contributed by atoms with Crippen LogP contribution in [-0.4, -0.2) is 35.5 Å². The predicted molar refractivity (Wildman–Crippen MR) is 88.7 cm³/mol. The molecule has 0 aliphatic carbocycles. The summed E-state index contributed by atoms with van der Waals surface area (Å²) in [5, 5.41) is 13.8. The summed E-state index contributed by atoms with van der Waals surface area (Å²) in [7, 11) is 0. The number of ether oxygens (including phenoxy) is 2. The zero-order valence-corrected chi connectivity index (χ0v) is 14.2. The maximum Gasteiger partial charge on any atom is 0.407 e. The number of carbonyl (C=O) groups is 1. The number of nitrogens with zero attached hydrogens (tertiary/aromatic N) is 2. The zero-order valence-electron chi connectivity index (χ0n) is 14.2. The zero-order chi connectivity index (χ0) is 17.9. The molecule has 1 atom stereocenters. The average Bonchev–Trinajstić information content (AvgIpc) is 2.88. The highest BCUT2D eigenvalue weighted by molar-refractivity contribution is 5.86. The number of nitro benzene ring substituents is 1. The highest BCUT2D eigenvalue weighted by atomic mass is 16.6. The summed E-state index contributed by atoms with van der Waals surface area (Å²) in [6.45, 7) is 7.60. The largest absolute Gasteiger partial charge is 0.485 e. The fraction of sp³-hybridized carbons (Fsp3) is 0.500. The van der Waals surface area contributed by atoms with Gasteiger partial charge in [0, 0.05) is 17.8 Å². The molecule has 0 fully saturated rings. The number of benzene rings is 1. The summed E-state index contributed by atoms with van der Waals surface area (Å²) in [6.07, 6.45) is 1.05. The Morgan fingerprint density at radius 1 is 1.46 bits per heavy atom. The molecule has 1 aliphatic rings. The number of carbonyl (C=O) groups excluding carboxylic acids is 1. The van der Waals surface area contributed by atoms with Crippen LogP contribution in [0.25, 0.3) is 0 Å². The number of alkyl carbamates (subject to hydrolysis) is 1. The second-order valence-corrected chi connectivity index (χ2v) is 6.60. The van der Waals surface area contributed by atoms with E-state index in [1.54, 1.807) is 40.0 Å². The van der Waals surface area contributed by atoms with Crippen molar-refractivity contribution in [2.24, 2.45) is 4.99 Å². The monoisotopic (exact) mass is 335 g/mol. The third-order valence-electron chi connectivity index (χ3n) is 3.16. The van der Waals surface area contributed by atoms with Crippen LogP contribution >= 0.6 is 0 Å². The number of rotatable bonds is 5. The Labute approximate surface area is 140 Å². The van der Waals surface area contributed by atoms with Crippen molar-refractivity contribution >= 4 is 18.0 Å². The maximum absolute atomic E-state index is 11.7. The minimum atomic E-state index is -0.594. The van der Waals surface area contributed by atoms with E-state index in [9.17, 15) is 14.9 Å². The highest BCUT2D eigenvalue weighted by Crippen LogP contribution is 2.32. The molecule has 0 radical (unpaired) electrons. The van der Waals surface area contributed by atoms with Crippen LogP contribution in [0, 0.1) is 10.1 Å². The molecule has 0 spiro atoms. The summed E-state index contributed by atoms with van der Waals surface area (Å²) in [4.78, 5) is 26.5. The van der Waals surface area contributed by atoms with Crippen LogP contribution in [0.4, 0.5) is 10.5 Å². The van der Waals surface area contributed by atoms with Gasteiger partial charge in [0.05, 0.1) is 17.5 Å². The Bertz CT molecular complexity index is 679. The SMILES string of the molecule is C[C@H](COc1cc2c(cc1[N+](=O)[O-])C=NC2)NC(=O)OC(C)(C)C. The van der Waals surface area contributed by atoms with Crippen LogP contribution in [0.2, 0.25) is 0 Å². The van der Waals surface area contributed by atoms with Crippen LogP contribution < -0.4 is 10.1 Å². The molecular weight excluding hydrogens is 314 g/mol. The van der Waals surface area contributed by atoms with Gasteiger partial charge in [-0.2, -0.15) is 0 Å². The Balaban J connectivity index is 1.99. The molecule has 8 nitrogen and oxygen atoms in total. The van der Waals surface area contributed by atoms with Crippen LogP contribution in [-0.2, 0) is 11.3 Å². The number of nitrogens with one attached hydrogen (secondary N) is 1. The van der Waals surface area contributed by atoms with Crippen LogP contribution in [0.1, 0.15) is 38.8 Å². The standard InChI is InChI=1S/C16H21N3O5/c1-10(18-15(20)24-16(2,3)4)9-23-14-6-12-8-17-7-11(12)5-13(14)19(21)22/h5-7,10H,8-9H2,1-4H3,(H,18,20)/t10-/m1/s1. The summed E-state index contributed by atoms with van der Waals surface area (Å²) in [5.41, 5.74) is 0.896. The summed E-state index contributed by atoms with van der Waals surface area (Å²) >= 11 is 0. The quantitative estimate of drug-likeness (QED) is 0.658. The molecule has 0 unspecified atom stereocenters. The Kier molecular flexibility index (Phi) is 5.06. The lowest BCUT2D eigenvalue weighted by Gasteiger charge is -2.22. The van der Waals surface area contributed by atoms with E-state index in [4.69, 9.17) is 9.47 Å². The molecule has 1 N–H and O–H groups in total. The first kappa shape index (κ1) is 17.7. The van der Waals surface area contributed by atoms with Gasteiger partial charge in [0.2, 0.25) is 0 Å². The molecule has 1 aromatic rings. The molecule has 2 rings (SSSR count). The third kappa shape index (κ3) is 4.68. The molecular formula is C16H21N3O5. The van der Waals surface area contributed by atoms with Gasteiger partial charge in [-0.15, -0.1) is 0 Å². The van der Waals surface area contributed by atoms with E-state index >= 15 is 0 Å². The second-order valence-electron chi connectivity index (χ2n) is 6.60. The molecule has 0 saturated carbocycles. The van der Waals surface area contributed by atoms with Gasteiger partial charge < -0.3 is 14.8 Å². The number of amides is 1. The van der Waals surface area contributed by atoms with Crippen LogP contribution in [0.15, 0.2) is 17.1 Å². The van der Waals surface area contributed by atoms with E-state index in [1.165, 1.54) is 6.07 Å². The number of aliphatic imine (C=N–C) groups is 1. The van der Waals surface area contributed by atoms with Crippen molar-refractivity contribution in [3.63, 3.8) is 0 Å². The van der Waals surface area contributed by atoms with E-state index in [2.05, 4.69) is 10.3 Å². The molecule has 0 saturated heterocycles. The minimum Gasteiger partial charge on any atom is -0.485 e. The van der Waals surface area contributed by atoms with Crippen LogP contribution in [0.5, 0.6) is 5.75 Å². The normalized spacial score (nSPS) is 14.0. The molecule has 1 aliphatic heterocycles. The van der Waals surface area contributed by atoms with Gasteiger partial charge in [0.1, 0.15) is 12.2 Å². The van der Waals surface area contributed by atoms with E-state index in [1.807, 2.05) is 0 Å². The Morgan fingerprint density at radius 3 is 2.79 bits per heavy atom. The van der Waals surface area contributed by atoms with Gasteiger partial charge in [0.25, 0.3) is 0 Å². The molecule has 0 bridgehead atoms. The number of hydrogen-bond acceptors (Lipinski definition) is 6. The van der Waals surface area contributed by atoms with Gasteiger partial charge in [-0.25, -0.2) is 4.79 Å². The first-order chi connectivity index (χ1) is 11.2. The van der Waals surface area contributed by atoms with E-state index in [0.717, 1.165) is 11.1 Å². The maximum atomic E-state index is 11.7. The Hall–Kier alpha value is -2.64.